The highest BCUT2D eigenvalue weighted by molar-refractivity contribution is 6.07. The van der Waals surface area contributed by atoms with Gasteiger partial charge in [0.15, 0.2) is 0 Å². The Morgan fingerprint density at radius 2 is 1.75 bits per heavy atom. The van der Waals surface area contributed by atoms with Gasteiger partial charge in [-0.2, -0.15) is 0 Å². The highest BCUT2D eigenvalue weighted by atomic mass is 16.2. The molecule has 1 aliphatic carbocycles. The van der Waals surface area contributed by atoms with E-state index in [0.717, 1.165) is 29.3 Å². The predicted molar refractivity (Wildman–Crippen MR) is 112 cm³/mol. The molecule has 0 atom stereocenters. The molecule has 5 nitrogen and oxygen atoms in total. The molecule has 3 N–H and O–H groups in total. The molecule has 4 rings (SSSR count). The van der Waals surface area contributed by atoms with Crippen LogP contribution in [0, 0.1) is 6.92 Å². The lowest BCUT2D eigenvalue weighted by Crippen LogP contribution is -2.23. The minimum absolute atomic E-state index is 0.140. The second-order valence-electron chi connectivity index (χ2n) is 7.39. The van der Waals surface area contributed by atoms with Gasteiger partial charge in [-0.3, -0.25) is 9.59 Å². The number of aryl methyl sites for hydroxylation is 3. The van der Waals surface area contributed by atoms with Crippen LogP contribution < -0.4 is 10.6 Å². The van der Waals surface area contributed by atoms with Crippen LogP contribution in [0.5, 0.6) is 0 Å². The molecule has 0 bridgehead atoms. The van der Waals surface area contributed by atoms with E-state index in [1.165, 1.54) is 24.1 Å². The van der Waals surface area contributed by atoms with Crippen LogP contribution in [-0.2, 0) is 12.8 Å². The maximum Gasteiger partial charge on any atom is 0.255 e. The van der Waals surface area contributed by atoms with Crippen molar-refractivity contribution >= 4 is 28.4 Å². The Morgan fingerprint density at radius 1 is 1.00 bits per heavy atom. The molecule has 1 aromatic heterocycles. The number of hydrogen-bond donors (Lipinski definition) is 3. The molecular weight excluding hydrogens is 350 g/mol. The maximum absolute atomic E-state index is 12.9. The first-order chi connectivity index (χ1) is 13.6. The summed E-state index contributed by atoms with van der Waals surface area (Å²) in [7, 11) is 0. The molecule has 0 radical (unpaired) electrons. The Bertz CT molecular complexity index is 1070. The summed E-state index contributed by atoms with van der Waals surface area (Å²) in [5.74, 6) is -0.304. The van der Waals surface area contributed by atoms with Crippen LogP contribution >= 0.6 is 0 Å². The number of carbonyl (C=O) groups excluding carboxylic acids is 2. The van der Waals surface area contributed by atoms with Crippen LogP contribution in [-0.4, -0.2) is 23.3 Å². The van der Waals surface area contributed by atoms with E-state index in [0.29, 0.717) is 23.4 Å². The zero-order valence-corrected chi connectivity index (χ0v) is 16.3. The van der Waals surface area contributed by atoms with Crippen LogP contribution in [0.1, 0.15) is 57.3 Å². The smallest absolute Gasteiger partial charge is 0.255 e. The Balaban J connectivity index is 1.62. The lowest BCUT2D eigenvalue weighted by atomic mass is 9.95. The number of H-pyrrole nitrogens is 1. The largest absolute Gasteiger partial charge is 0.358 e. The van der Waals surface area contributed by atoms with Crippen LogP contribution in [0.4, 0.5) is 5.69 Å². The van der Waals surface area contributed by atoms with Crippen molar-refractivity contribution in [2.75, 3.05) is 11.9 Å². The Hall–Kier alpha value is -3.08. The van der Waals surface area contributed by atoms with Crippen LogP contribution in [0.15, 0.2) is 36.4 Å². The fourth-order valence-electron chi connectivity index (χ4n) is 3.90. The molecule has 2 aromatic carbocycles. The predicted octanol–water partition coefficient (Wildman–Crippen LogP) is 4.36. The molecule has 5 heteroatoms. The SMILES string of the molecule is CCNC(=O)c1ccc(C)c(NC(=O)c2ccc3[nH]c4c(c3c2)CCCC4)c1. The van der Waals surface area contributed by atoms with Gasteiger partial charge in [-0.15, -0.1) is 0 Å². The molecule has 0 unspecified atom stereocenters. The van der Waals surface area contributed by atoms with E-state index in [2.05, 4.69) is 15.6 Å². The summed E-state index contributed by atoms with van der Waals surface area (Å²) in [5, 5.41) is 6.90. The monoisotopic (exact) mass is 375 g/mol. The van der Waals surface area contributed by atoms with Gasteiger partial charge in [0, 0.05) is 40.0 Å². The molecule has 3 aromatic rings. The van der Waals surface area contributed by atoms with Gasteiger partial charge in [0.1, 0.15) is 0 Å². The summed E-state index contributed by atoms with van der Waals surface area (Å²) in [5.41, 5.74) is 6.50. The van der Waals surface area contributed by atoms with Gasteiger partial charge in [0.05, 0.1) is 0 Å². The molecular formula is C23H25N3O2. The van der Waals surface area contributed by atoms with E-state index in [1.54, 1.807) is 12.1 Å². The van der Waals surface area contributed by atoms with E-state index in [1.807, 2.05) is 38.1 Å². The number of nitrogens with one attached hydrogen (secondary N) is 3. The first kappa shape index (κ1) is 18.3. The number of rotatable bonds is 4. The molecule has 144 valence electrons. The molecule has 0 aliphatic heterocycles. The fraction of sp³-hybridized carbons (Fsp3) is 0.304. The second-order valence-corrected chi connectivity index (χ2v) is 7.39. The zero-order valence-electron chi connectivity index (χ0n) is 16.3. The van der Waals surface area contributed by atoms with Crippen molar-refractivity contribution in [3.05, 3.63) is 64.3 Å². The van der Waals surface area contributed by atoms with Gasteiger partial charge in [-0.1, -0.05) is 6.07 Å². The van der Waals surface area contributed by atoms with Gasteiger partial charge >= 0.3 is 0 Å². The number of benzene rings is 2. The molecule has 1 aliphatic rings. The van der Waals surface area contributed by atoms with Crippen molar-refractivity contribution in [2.24, 2.45) is 0 Å². The Labute approximate surface area is 164 Å². The molecule has 0 fully saturated rings. The van der Waals surface area contributed by atoms with Crippen LogP contribution in [0.25, 0.3) is 10.9 Å². The first-order valence-electron chi connectivity index (χ1n) is 9.90. The number of amides is 2. The van der Waals surface area contributed by atoms with Crippen molar-refractivity contribution in [3.63, 3.8) is 0 Å². The van der Waals surface area contributed by atoms with Gasteiger partial charge < -0.3 is 15.6 Å². The topological polar surface area (TPSA) is 74.0 Å². The third kappa shape index (κ3) is 3.40. The lowest BCUT2D eigenvalue weighted by molar-refractivity contribution is 0.0954. The summed E-state index contributed by atoms with van der Waals surface area (Å²) in [6.45, 7) is 4.36. The van der Waals surface area contributed by atoms with Crippen molar-refractivity contribution < 1.29 is 9.59 Å². The quantitative estimate of drug-likeness (QED) is 0.634. The highest BCUT2D eigenvalue weighted by Crippen LogP contribution is 2.30. The summed E-state index contributed by atoms with van der Waals surface area (Å²) >= 11 is 0. The minimum Gasteiger partial charge on any atom is -0.358 e. The number of carbonyl (C=O) groups is 2. The van der Waals surface area contributed by atoms with Gasteiger partial charge in [-0.25, -0.2) is 0 Å². The molecule has 0 saturated heterocycles. The molecule has 2 amide bonds. The molecule has 28 heavy (non-hydrogen) atoms. The summed E-state index contributed by atoms with van der Waals surface area (Å²) in [6.07, 6.45) is 4.56. The van der Waals surface area contributed by atoms with E-state index >= 15 is 0 Å². The molecule has 1 heterocycles. The Kier molecular flexibility index (Phi) is 4.90. The van der Waals surface area contributed by atoms with Gasteiger partial charge in [0.2, 0.25) is 0 Å². The lowest BCUT2D eigenvalue weighted by Gasteiger charge is -2.12. The summed E-state index contributed by atoms with van der Waals surface area (Å²) in [4.78, 5) is 28.5. The number of aromatic amines is 1. The van der Waals surface area contributed by atoms with E-state index in [4.69, 9.17) is 0 Å². The second kappa shape index (κ2) is 7.50. The number of hydrogen-bond acceptors (Lipinski definition) is 2. The number of fused-ring (bicyclic) bond motifs is 3. The summed E-state index contributed by atoms with van der Waals surface area (Å²) < 4.78 is 0. The van der Waals surface area contributed by atoms with Crippen molar-refractivity contribution in [1.29, 1.82) is 0 Å². The average molecular weight is 375 g/mol. The van der Waals surface area contributed by atoms with Crippen molar-refractivity contribution in [3.8, 4) is 0 Å². The third-order valence-electron chi connectivity index (χ3n) is 5.45. The molecule has 0 saturated carbocycles. The average Bonchev–Trinajstić information content (AvgIpc) is 3.07. The summed E-state index contributed by atoms with van der Waals surface area (Å²) in [6, 6.07) is 11.2. The van der Waals surface area contributed by atoms with Crippen molar-refractivity contribution in [1.82, 2.24) is 10.3 Å². The Morgan fingerprint density at radius 3 is 2.57 bits per heavy atom. The van der Waals surface area contributed by atoms with E-state index in [-0.39, 0.29) is 11.8 Å². The van der Waals surface area contributed by atoms with Crippen molar-refractivity contribution in [2.45, 2.75) is 39.5 Å². The maximum atomic E-state index is 12.9. The van der Waals surface area contributed by atoms with Gasteiger partial charge in [0.25, 0.3) is 11.8 Å². The fourth-order valence-corrected chi connectivity index (χ4v) is 3.90. The van der Waals surface area contributed by atoms with Crippen LogP contribution in [0.3, 0.4) is 0 Å². The standard InChI is InChI=1S/C23H25N3O2/c1-3-24-22(27)16-9-8-14(2)21(13-16)26-23(28)15-10-11-20-18(12-15)17-6-4-5-7-19(17)25-20/h8-13,25H,3-7H2,1-2H3,(H,24,27)(H,26,28). The van der Waals surface area contributed by atoms with E-state index in [9.17, 15) is 9.59 Å². The minimum atomic E-state index is -0.163. The number of anilines is 1. The van der Waals surface area contributed by atoms with Gasteiger partial charge in [-0.05, 0) is 81.0 Å². The third-order valence-corrected chi connectivity index (χ3v) is 5.45. The van der Waals surface area contributed by atoms with E-state index < -0.39 is 0 Å². The molecule has 0 spiro atoms. The van der Waals surface area contributed by atoms with Crippen LogP contribution in [0.2, 0.25) is 0 Å². The normalized spacial score (nSPS) is 13.2. The first-order valence-corrected chi connectivity index (χ1v) is 9.90. The zero-order chi connectivity index (χ0) is 19.7. The highest BCUT2D eigenvalue weighted by Gasteiger charge is 2.17. The number of aromatic nitrogens is 1.